The smallest absolute Gasteiger partial charge is 0.196 e. The third-order valence-corrected chi connectivity index (χ3v) is 5.73. The second kappa shape index (κ2) is 10.5. The zero-order valence-corrected chi connectivity index (χ0v) is 18.5. The van der Waals surface area contributed by atoms with Crippen LogP contribution in [0.4, 0.5) is 0 Å². The number of rotatable bonds is 9. The van der Waals surface area contributed by atoms with Crippen LogP contribution in [0.25, 0.3) is 16.8 Å². The first-order chi connectivity index (χ1) is 15.8. The van der Waals surface area contributed by atoms with Crippen LogP contribution in [0, 0.1) is 11.3 Å². The highest BCUT2D eigenvalue weighted by atomic mass is 32.2. The number of ether oxygens (including phenoxy) is 2. The van der Waals surface area contributed by atoms with Crippen LogP contribution in [0.3, 0.4) is 0 Å². The largest absolute Gasteiger partial charge is 0.495 e. The van der Waals surface area contributed by atoms with Crippen molar-refractivity contribution in [2.45, 2.75) is 18.2 Å². The molecule has 0 saturated heterocycles. The molecule has 0 aliphatic heterocycles. The molecule has 0 bridgehead atoms. The number of para-hydroxylation sites is 3. The molecule has 1 aromatic heterocycles. The SMILES string of the molecule is COc1ccccc1-n1c(COc2ccccc2-c2ccccc2)nnc1SCCC#N. The van der Waals surface area contributed by atoms with E-state index < -0.39 is 0 Å². The van der Waals surface area contributed by atoms with Gasteiger partial charge in [-0.25, -0.2) is 0 Å². The molecule has 4 rings (SSSR count). The fourth-order valence-electron chi connectivity index (χ4n) is 3.32. The van der Waals surface area contributed by atoms with Gasteiger partial charge in [-0.1, -0.05) is 72.4 Å². The van der Waals surface area contributed by atoms with Crippen molar-refractivity contribution in [2.75, 3.05) is 12.9 Å². The summed E-state index contributed by atoms with van der Waals surface area (Å²) in [5.74, 6) is 2.76. The number of hydrogen-bond donors (Lipinski definition) is 0. The number of methoxy groups -OCH3 is 1. The first-order valence-corrected chi connectivity index (χ1v) is 11.1. The molecule has 32 heavy (non-hydrogen) atoms. The third kappa shape index (κ3) is 4.76. The van der Waals surface area contributed by atoms with E-state index in [2.05, 4.69) is 28.4 Å². The lowest BCUT2D eigenvalue weighted by molar-refractivity contribution is 0.293. The first kappa shape index (κ1) is 21.5. The standard InChI is InChI=1S/C25H22N4O2S/c1-30-23-15-8-6-13-21(23)29-24(27-28-25(29)32-17-9-16-26)18-31-22-14-7-5-12-20(22)19-10-3-2-4-11-19/h2-8,10-15H,9,17-18H2,1H3. The van der Waals surface area contributed by atoms with Gasteiger partial charge in [0.2, 0.25) is 0 Å². The van der Waals surface area contributed by atoms with Crippen molar-refractivity contribution >= 4 is 11.8 Å². The molecule has 0 unspecified atom stereocenters. The molecule has 4 aromatic rings. The van der Waals surface area contributed by atoms with Crippen LogP contribution in [-0.4, -0.2) is 27.6 Å². The Kier molecular flexibility index (Phi) is 7.05. The highest BCUT2D eigenvalue weighted by Gasteiger charge is 2.18. The van der Waals surface area contributed by atoms with Crippen LogP contribution < -0.4 is 9.47 Å². The van der Waals surface area contributed by atoms with E-state index in [1.54, 1.807) is 7.11 Å². The van der Waals surface area contributed by atoms with Crippen molar-refractivity contribution in [3.05, 3.63) is 84.7 Å². The molecule has 0 fully saturated rings. The first-order valence-electron chi connectivity index (χ1n) is 10.2. The van der Waals surface area contributed by atoms with E-state index >= 15 is 0 Å². The van der Waals surface area contributed by atoms with Gasteiger partial charge in [-0.15, -0.1) is 10.2 Å². The molecule has 160 valence electrons. The molecule has 6 nitrogen and oxygen atoms in total. The monoisotopic (exact) mass is 442 g/mol. The van der Waals surface area contributed by atoms with Gasteiger partial charge >= 0.3 is 0 Å². The summed E-state index contributed by atoms with van der Waals surface area (Å²) >= 11 is 1.48. The number of nitrogens with zero attached hydrogens (tertiary/aromatic N) is 4. The van der Waals surface area contributed by atoms with Gasteiger partial charge in [-0.2, -0.15) is 5.26 Å². The average Bonchev–Trinajstić information content (AvgIpc) is 3.26. The highest BCUT2D eigenvalue weighted by Crippen LogP contribution is 2.32. The zero-order chi connectivity index (χ0) is 22.2. The number of thioether (sulfide) groups is 1. The van der Waals surface area contributed by atoms with Crippen molar-refractivity contribution in [2.24, 2.45) is 0 Å². The van der Waals surface area contributed by atoms with E-state index in [0.717, 1.165) is 22.6 Å². The van der Waals surface area contributed by atoms with Gasteiger partial charge in [0.15, 0.2) is 11.0 Å². The summed E-state index contributed by atoms with van der Waals surface area (Å²) in [4.78, 5) is 0. The molecule has 0 N–H and O–H groups in total. The van der Waals surface area contributed by atoms with Crippen LogP contribution >= 0.6 is 11.8 Å². The van der Waals surface area contributed by atoms with Crippen LogP contribution in [0.5, 0.6) is 11.5 Å². The van der Waals surface area contributed by atoms with Crippen molar-refractivity contribution < 1.29 is 9.47 Å². The molecule has 1 heterocycles. The molecule has 3 aromatic carbocycles. The maximum absolute atomic E-state index is 8.90. The van der Waals surface area contributed by atoms with E-state index in [0.29, 0.717) is 28.9 Å². The summed E-state index contributed by atoms with van der Waals surface area (Å²) in [5, 5.41) is 18.4. The van der Waals surface area contributed by atoms with Crippen LogP contribution in [0.15, 0.2) is 84.0 Å². The second-order valence-electron chi connectivity index (χ2n) is 6.81. The molecule has 0 radical (unpaired) electrons. The topological polar surface area (TPSA) is 73.0 Å². The number of benzene rings is 3. The molecule has 0 spiro atoms. The predicted octanol–water partition coefficient (Wildman–Crippen LogP) is 5.53. The Bertz CT molecular complexity index is 1220. The number of nitriles is 1. The van der Waals surface area contributed by atoms with E-state index in [4.69, 9.17) is 14.7 Å². The molecular weight excluding hydrogens is 420 g/mol. The van der Waals surface area contributed by atoms with Gasteiger partial charge in [0.05, 0.1) is 18.9 Å². The Hall–Kier alpha value is -3.76. The molecule has 0 aliphatic carbocycles. The second-order valence-corrected chi connectivity index (χ2v) is 7.88. The Labute approximate surface area is 191 Å². The number of aromatic nitrogens is 3. The summed E-state index contributed by atoms with van der Waals surface area (Å²) < 4.78 is 13.7. The average molecular weight is 443 g/mol. The molecule has 0 aliphatic rings. The van der Waals surface area contributed by atoms with E-state index in [1.807, 2.05) is 71.3 Å². The van der Waals surface area contributed by atoms with Crippen LogP contribution in [-0.2, 0) is 6.61 Å². The summed E-state index contributed by atoms with van der Waals surface area (Å²) in [7, 11) is 1.64. The summed E-state index contributed by atoms with van der Waals surface area (Å²) in [6.45, 7) is 0.230. The predicted molar refractivity (Wildman–Crippen MR) is 125 cm³/mol. The molecule has 0 saturated carbocycles. The number of hydrogen-bond acceptors (Lipinski definition) is 6. The van der Waals surface area contributed by atoms with Crippen molar-refractivity contribution in [3.63, 3.8) is 0 Å². The van der Waals surface area contributed by atoms with Crippen LogP contribution in [0.1, 0.15) is 12.2 Å². The summed E-state index contributed by atoms with van der Waals surface area (Å²) in [6.07, 6.45) is 0.430. The third-order valence-electron chi connectivity index (χ3n) is 4.80. The Morgan fingerprint density at radius 2 is 1.62 bits per heavy atom. The van der Waals surface area contributed by atoms with Gasteiger partial charge in [0, 0.05) is 17.7 Å². The normalized spacial score (nSPS) is 10.5. The summed E-state index contributed by atoms with van der Waals surface area (Å²) in [6, 6.07) is 28.0. The minimum absolute atomic E-state index is 0.230. The minimum Gasteiger partial charge on any atom is -0.495 e. The van der Waals surface area contributed by atoms with Crippen LogP contribution in [0.2, 0.25) is 0 Å². The lowest BCUT2D eigenvalue weighted by Gasteiger charge is -2.15. The zero-order valence-electron chi connectivity index (χ0n) is 17.6. The van der Waals surface area contributed by atoms with Gasteiger partial charge < -0.3 is 9.47 Å². The fourth-order valence-corrected chi connectivity index (χ4v) is 4.13. The Balaban J connectivity index is 1.66. The van der Waals surface area contributed by atoms with E-state index in [9.17, 15) is 0 Å². The quantitative estimate of drug-likeness (QED) is 0.251. The molecule has 0 atom stereocenters. The van der Waals surface area contributed by atoms with E-state index in [-0.39, 0.29) is 6.61 Å². The van der Waals surface area contributed by atoms with Gasteiger partial charge in [-0.3, -0.25) is 4.57 Å². The molecule has 0 amide bonds. The maximum atomic E-state index is 8.90. The maximum Gasteiger partial charge on any atom is 0.196 e. The van der Waals surface area contributed by atoms with Crippen molar-refractivity contribution in [3.8, 4) is 34.4 Å². The Morgan fingerprint density at radius 1 is 0.906 bits per heavy atom. The van der Waals surface area contributed by atoms with Gasteiger partial charge in [0.1, 0.15) is 18.1 Å². The van der Waals surface area contributed by atoms with Gasteiger partial charge in [-0.05, 0) is 23.8 Å². The minimum atomic E-state index is 0.230. The fraction of sp³-hybridized carbons (Fsp3) is 0.160. The molecule has 7 heteroatoms. The van der Waals surface area contributed by atoms with Crippen molar-refractivity contribution in [1.82, 2.24) is 14.8 Å². The molecular formula is C25H22N4O2S. The van der Waals surface area contributed by atoms with E-state index in [1.165, 1.54) is 11.8 Å². The van der Waals surface area contributed by atoms with Crippen molar-refractivity contribution in [1.29, 1.82) is 5.26 Å². The lowest BCUT2D eigenvalue weighted by Crippen LogP contribution is -2.08. The lowest BCUT2D eigenvalue weighted by atomic mass is 10.1. The van der Waals surface area contributed by atoms with Gasteiger partial charge in [0.25, 0.3) is 0 Å². The summed E-state index contributed by atoms with van der Waals surface area (Å²) in [5.41, 5.74) is 2.93. The Morgan fingerprint density at radius 3 is 2.41 bits per heavy atom. The highest BCUT2D eigenvalue weighted by molar-refractivity contribution is 7.99.